The first-order chi connectivity index (χ1) is 16.3. The van der Waals surface area contributed by atoms with Gasteiger partial charge in [0.05, 0.1) is 5.56 Å². The van der Waals surface area contributed by atoms with Crippen molar-refractivity contribution in [3.05, 3.63) is 82.7 Å². The first-order valence-electron chi connectivity index (χ1n) is 10.6. The van der Waals surface area contributed by atoms with Gasteiger partial charge in [0.2, 0.25) is 11.9 Å². The predicted molar refractivity (Wildman–Crippen MR) is 126 cm³/mol. The van der Waals surface area contributed by atoms with Crippen molar-refractivity contribution in [1.29, 1.82) is 0 Å². The minimum atomic E-state index is -0.544. The van der Waals surface area contributed by atoms with Crippen molar-refractivity contribution >= 4 is 23.5 Å². The standard InChI is InChI=1S/C15H13NO3.C9H13N5O/c1-9-3-2-4-12(13(9)17)14(18)10-5-7-11(8-6-10)15(16)19;10-9-12-4-2-7(14-9)8(15)13-6-1-3-11-5-6/h2-8,17H,1H3,(H2,16,19);2,4,6,11H,1,3,5H2,(H,13,15)(H2,10,12,14)/t;6-/m.0/s1. The van der Waals surface area contributed by atoms with Crippen LogP contribution in [0.4, 0.5) is 5.95 Å². The summed E-state index contributed by atoms with van der Waals surface area (Å²) >= 11 is 0. The van der Waals surface area contributed by atoms with Crippen LogP contribution in [0.5, 0.6) is 5.75 Å². The number of nitrogen functional groups attached to an aromatic ring is 1. The summed E-state index contributed by atoms with van der Waals surface area (Å²) < 4.78 is 0. The molecule has 34 heavy (non-hydrogen) atoms. The minimum absolute atomic E-state index is 0.0218. The van der Waals surface area contributed by atoms with Crippen LogP contribution in [0, 0.1) is 6.92 Å². The molecule has 0 unspecified atom stereocenters. The van der Waals surface area contributed by atoms with Gasteiger partial charge in [-0.2, -0.15) is 0 Å². The van der Waals surface area contributed by atoms with Gasteiger partial charge in [-0.3, -0.25) is 14.4 Å². The molecule has 7 N–H and O–H groups in total. The van der Waals surface area contributed by atoms with Gasteiger partial charge in [-0.05, 0) is 49.7 Å². The van der Waals surface area contributed by atoms with E-state index in [-0.39, 0.29) is 35.0 Å². The molecule has 4 rings (SSSR count). The Morgan fingerprint density at radius 3 is 2.41 bits per heavy atom. The first-order valence-corrected chi connectivity index (χ1v) is 10.6. The zero-order valence-electron chi connectivity index (χ0n) is 18.6. The number of para-hydroxylation sites is 1. The molecular formula is C24H26N6O4. The highest BCUT2D eigenvalue weighted by Gasteiger charge is 2.18. The van der Waals surface area contributed by atoms with E-state index in [2.05, 4.69) is 20.6 Å². The molecule has 2 amide bonds. The number of carbonyl (C=O) groups excluding carboxylic acids is 3. The number of carbonyl (C=O) groups is 3. The van der Waals surface area contributed by atoms with Gasteiger partial charge in [0.15, 0.2) is 5.78 Å². The van der Waals surface area contributed by atoms with Crippen LogP contribution < -0.4 is 22.1 Å². The maximum absolute atomic E-state index is 12.2. The fourth-order valence-electron chi connectivity index (χ4n) is 3.32. The molecule has 1 aromatic heterocycles. The van der Waals surface area contributed by atoms with Crippen LogP contribution >= 0.6 is 0 Å². The van der Waals surface area contributed by atoms with E-state index in [9.17, 15) is 19.5 Å². The fraction of sp³-hybridized carbons (Fsp3) is 0.208. The number of benzene rings is 2. The largest absolute Gasteiger partial charge is 0.507 e. The topological polar surface area (TPSA) is 173 Å². The molecule has 1 fully saturated rings. The summed E-state index contributed by atoms with van der Waals surface area (Å²) in [5, 5.41) is 15.9. The molecule has 1 atom stereocenters. The average molecular weight is 463 g/mol. The maximum atomic E-state index is 12.2. The molecule has 0 radical (unpaired) electrons. The number of hydrogen-bond acceptors (Lipinski definition) is 8. The molecule has 1 aliphatic rings. The lowest BCUT2D eigenvalue weighted by Crippen LogP contribution is -2.36. The molecule has 3 aromatic rings. The Hall–Kier alpha value is -4.31. The SMILES string of the molecule is Cc1cccc(C(=O)c2ccc(C(N)=O)cc2)c1O.Nc1nccc(C(=O)N[C@H]2CCNC2)n1. The van der Waals surface area contributed by atoms with Gasteiger partial charge in [-0.15, -0.1) is 0 Å². The number of anilines is 1. The molecule has 0 bridgehead atoms. The van der Waals surface area contributed by atoms with Crippen molar-refractivity contribution in [1.82, 2.24) is 20.6 Å². The molecule has 2 aromatic carbocycles. The second kappa shape index (κ2) is 11.0. The Morgan fingerprint density at radius 2 is 1.79 bits per heavy atom. The van der Waals surface area contributed by atoms with Crippen LogP contribution in [0.1, 0.15) is 48.8 Å². The van der Waals surface area contributed by atoms with Gasteiger partial charge in [0, 0.05) is 29.9 Å². The predicted octanol–water partition coefficient (Wildman–Crippen LogP) is 1.18. The summed E-state index contributed by atoms with van der Waals surface area (Å²) in [4.78, 5) is 42.4. The molecule has 1 saturated heterocycles. The lowest BCUT2D eigenvalue weighted by atomic mass is 9.99. The number of nitrogens with zero attached hydrogens (tertiary/aromatic N) is 2. The van der Waals surface area contributed by atoms with Crippen LogP contribution in [0.25, 0.3) is 0 Å². The van der Waals surface area contributed by atoms with Crippen LogP contribution in [-0.2, 0) is 0 Å². The lowest BCUT2D eigenvalue weighted by molar-refractivity contribution is 0.0933. The summed E-state index contributed by atoms with van der Waals surface area (Å²) in [6.45, 7) is 3.48. The molecule has 1 aliphatic heterocycles. The van der Waals surface area contributed by atoms with E-state index in [4.69, 9.17) is 11.5 Å². The highest BCUT2D eigenvalue weighted by atomic mass is 16.3. The van der Waals surface area contributed by atoms with Gasteiger partial charge in [0.1, 0.15) is 11.4 Å². The lowest BCUT2D eigenvalue weighted by Gasteiger charge is -2.10. The van der Waals surface area contributed by atoms with Crippen molar-refractivity contribution in [2.75, 3.05) is 18.8 Å². The third kappa shape index (κ3) is 6.14. The van der Waals surface area contributed by atoms with E-state index >= 15 is 0 Å². The number of aromatic nitrogens is 2. The third-order valence-corrected chi connectivity index (χ3v) is 5.22. The van der Waals surface area contributed by atoms with Crippen molar-refractivity contribution < 1.29 is 19.5 Å². The number of rotatable bonds is 5. The molecule has 10 nitrogen and oxygen atoms in total. The Balaban J connectivity index is 0.000000196. The Labute approximate surface area is 196 Å². The van der Waals surface area contributed by atoms with Gasteiger partial charge in [-0.25, -0.2) is 9.97 Å². The number of phenolic OH excluding ortho intramolecular Hbond substituents is 1. The van der Waals surface area contributed by atoms with Crippen molar-refractivity contribution in [3.8, 4) is 5.75 Å². The molecule has 0 saturated carbocycles. The quantitative estimate of drug-likeness (QED) is 0.351. The minimum Gasteiger partial charge on any atom is -0.507 e. The van der Waals surface area contributed by atoms with E-state index in [0.717, 1.165) is 19.5 Å². The van der Waals surface area contributed by atoms with Crippen LogP contribution in [0.15, 0.2) is 54.7 Å². The van der Waals surface area contributed by atoms with Crippen LogP contribution in [0.2, 0.25) is 0 Å². The number of aryl methyl sites for hydroxylation is 1. The van der Waals surface area contributed by atoms with E-state index in [0.29, 0.717) is 22.4 Å². The number of phenols is 1. The smallest absolute Gasteiger partial charge is 0.270 e. The van der Waals surface area contributed by atoms with Crippen molar-refractivity contribution in [2.45, 2.75) is 19.4 Å². The number of nitrogens with one attached hydrogen (secondary N) is 2. The van der Waals surface area contributed by atoms with Gasteiger partial charge in [0.25, 0.3) is 5.91 Å². The van der Waals surface area contributed by atoms with Crippen molar-refractivity contribution in [2.24, 2.45) is 5.73 Å². The second-order valence-corrected chi connectivity index (χ2v) is 7.71. The summed E-state index contributed by atoms with van der Waals surface area (Å²) in [7, 11) is 0. The maximum Gasteiger partial charge on any atom is 0.270 e. The number of primary amides is 1. The highest BCUT2D eigenvalue weighted by Crippen LogP contribution is 2.24. The zero-order chi connectivity index (χ0) is 24.7. The van der Waals surface area contributed by atoms with E-state index in [1.54, 1.807) is 31.2 Å². The molecular weight excluding hydrogens is 436 g/mol. The molecule has 2 heterocycles. The number of ketones is 1. The molecule has 0 spiro atoms. The summed E-state index contributed by atoms with van der Waals surface area (Å²) in [5.41, 5.74) is 12.4. The first kappa shape index (κ1) is 24.3. The number of amides is 2. The summed E-state index contributed by atoms with van der Waals surface area (Å²) in [6.07, 6.45) is 2.43. The monoisotopic (exact) mass is 462 g/mol. The highest BCUT2D eigenvalue weighted by molar-refractivity contribution is 6.11. The van der Waals surface area contributed by atoms with Crippen LogP contribution in [0.3, 0.4) is 0 Å². The van der Waals surface area contributed by atoms with Crippen LogP contribution in [-0.4, -0.2) is 51.8 Å². The van der Waals surface area contributed by atoms with Gasteiger partial charge in [-0.1, -0.05) is 24.3 Å². The summed E-state index contributed by atoms with van der Waals surface area (Å²) in [6, 6.07) is 12.7. The number of hydrogen-bond donors (Lipinski definition) is 5. The van der Waals surface area contributed by atoms with Gasteiger partial charge < -0.3 is 27.2 Å². The summed E-state index contributed by atoms with van der Waals surface area (Å²) in [5.74, 6) is -0.939. The normalized spacial score (nSPS) is 14.6. The van der Waals surface area contributed by atoms with E-state index in [1.807, 2.05) is 0 Å². The Kier molecular flexibility index (Phi) is 7.88. The molecule has 10 heteroatoms. The van der Waals surface area contributed by atoms with Crippen molar-refractivity contribution in [3.63, 3.8) is 0 Å². The average Bonchev–Trinajstić information content (AvgIpc) is 3.34. The van der Waals surface area contributed by atoms with Gasteiger partial charge >= 0.3 is 0 Å². The van der Waals surface area contributed by atoms with E-state index < -0.39 is 5.91 Å². The Bertz CT molecular complexity index is 1190. The zero-order valence-corrected chi connectivity index (χ0v) is 18.6. The fourth-order valence-corrected chi connectivity index (χ4v) is 3.32. The third-order valence-electron chi connectivity index (χ3n) is 5.22. The molecule has 0 aliphatic carbocycles. The second-order valence-electron chi connectivity index (χ2n) is 7.71. The molecule has 176 valence electrons. The number of aromatic hydroxyl groups is 1. The number of nitrogens with two attached hydrogens (primary N) is 2. The Morgan fingerprint density at radius 1 is 1.09 bits per heavy atom. The van der Waals surface area contributed by atoms with E-state index in [1.165, 1.54) is 30.5 Å².